The van der Waals surface area contributed by atoms with Crippen molar-refractivity contribution in [1.82, 2.24) is 15.5 Å². The van der Waals surface area contributed by atoms with Crippen LogP contribution in [0.25, 0.3) is 0 Å². The van der Waals surface area contributed by atoms with Gasteiger partial charge in [-0.25, -0.2) is 13.8 Å². The van der Waals surface area contributed by atoms with E-state index < -0.39 is 11.6 Å². The number of rotatable bonds is 5. The molecule has 0 spiro atoms. The lowest BCUT2D eigenvalue weighted by atomic mass is 10.1. The molecule has 1 aliphatic rings. The van der Waals surface area contributed by atoms with Gasteiger partial charge >= 0.3 is 0 Å². The summed E-state index contributed by atoms with van der Waals surface area (Å²) >= 11 is 0. The van der Waals surface area contributed by atoms with E-state index in [9.17, 15) is 13.6 Å². The Morgan fingerprint density at radius 3 is 2.67 bits per heavy atom. The Hall–Kier alpha value is -2.18. The van der Waals surface area contributed by atoms with Gasteiger partial charge in [-0.05, 0) is 44.4 Å². The van der Waals surface area contributed by atoms with Gasteiger partial charge in [-0.1, -0.05) is 0 Å². The largest absolute Gasteiger partial charge is 0.357 e. The fraction of sp³-hybridized carbons (Fsp3) is 0.529. The van der Waals surface area contributed by atoms with Crippen LogP contribution in [0.5, 0.6) is 0 Å². The van der Waals surface area contributed by atoms with Crippen LogP contribution in [0.15, 0.2) is 23.2 Å². The molecule has 1 saturated heterocycles. The second kappa shape index (κ2) is 9.20. The second-order valence-electron chi connectivity index (χ2n) is 5.73. The third kappa shape index (κ3) is 5.47. The zero-order valence-electron chi connectivity index (χ0n) is 13.9. The summed E-state index contributed by atoms with van der Waals surface area (Å²) in [4.78, 5) is 18.2. The molecular formula is C17H24F2N4O. The first-order valence-electron chi connectivity index (χ1n) is 8.34. The predicted molar refractivity (Wildman–Crippen MR) is 89.6 cm³/mol. The first-order valence-corrected chi connectivity index (χ1v) is 8.34. The van der Waals surface area contributed by atoms with Crippen molar-refractivity contribution in [2.45, 2.75) is 32.7 Å². The van der Waals surface area contributed by atoms with E-state index in [0.29, 0.717) is 12.5 Å². The molecule has 5 nitrogen and oxygen atoms in total. The van der Waals surface area contributed by atoms with Crippen LogP contribution in [0.1, 0.15) is 31.7 Å². The quantitative estimate of drug-likeness (QED) is 0.638. The van der Waals surface area contributed by atoms with Crippen LogP contribution in [0, 0.1) is 11.6 Å². The van der Waals surface area contributed by atoms with E-state index >= 15 is 0 Å². The zero-order valence-corrected chi connectivity index (χ0v) is 13.9. The second-order valence-corrected chi connectivity index (χ2v) is 5.73. The van der Waals surface area contributed by atoms with Crippen LogP contribution in [-0.4, -0.2) is 42.9 Å². The first kappa shape index (κ1) is 18.2. The molecule has 0 saturated carbocycles. The highest BCUT2D eigenvalue weighted by atomic mass is 19.1. The molecule has 1 aromatic carbocycles. The van der Waals surface area contributed by atoms with E-state index in [1.165, 1.54) is 6.42 Å². The van der Waals surface area contributed by atoms with Gasteiger partial charge in [0.15, 0.2) is 5.96 Å². The number of guanidine groups is 1. The highest BCUT2D eigenvalue weighted by Gasteiger charge is 2.16. The molecule has 0 radical (unpaired) electrons. The van der Waals surface area contributed by atoms with Gasteiger partial charge in [0, 0.05) is 25.2 Å². The van der Waals surface area contributed by atoms with Crippen molar-refractivity contribution >= 4 is 11.9 Å². The number of carbonyl (C=O) groups is 1. The maximum Gasteiger partial charge on any atom is 0.241 e. The topological polar surface area (TPSA) is 56.7 Å². The Morgan fingerprint density at radius 1 is 1.21 bits per heavy atom. The SMILES string of the molecule is CCNC(=NCc1cc(F)ccc1F)NCC(=O)N1CCCCC1. The molecule has 1 heterocycles. The van der Waals surface area contributed by atoms with Crippen LogP contribution in [-0.2, 0) is 11.3 Å². The lowest BCUT2D eigenvalue weighted by molar-refractivity contribution is -0.130. The van der Waals surface area contributed by atoms with Gasteiger partial charge in [0.25, 0.3) is 0 Å². The Morgan fingerprint density at radius 2 is 1.96 bits per heavy atom. The van der Waals surface area contributed by atoms with Crippen molar-refractivity contribution in [1.29, 1.82) is 0 Å². The lowest BCUT2D eigenvalue weighted by Gasteiger charge is -2.27. The normalized spacial score (nSPS) is 15.3. The summed E-state index contributed by atoms with van der Waals surface area (Å²) in [5, 5.41) is 5.95. The van der Waals surface area contributed by atoms with Gasteiger partial charge in [-0.2, -0.15) is 0 Å². The third-order valence-corrected chi connectivity index (χ3v) is 3.88. The Labute approximate surface area is 141 Å². The minimum absolute atomic E-state index is 0.00314. The van der Waals surface area contributed by atoms with Crippen LogP contribution in [0.4, 0.5) is 8.78 Å². The van der Waals surface area contributed by atoms with Gasteiger partial charge in [0.05, 0.1) is 13.1 Å². The number of hydrogen-bond donors (Lipinski definition) is 2. The molecule has 1 fully saturated rings. The third-order valence-electron chi connectivity index (χ3n) is 3.88. The molecule has 0 aliphatic carbocycles. The Balaban J connectivity index is 1.92. The molecule has 1 aromatic rings. The van der Waals surface area contributed by atoms with Crippen molar-refractivity contribution in [3.05, 3.63) is 35.4 Å². The first-order chi connectivity index (χ1) is 11.6. The average Bonchev–Trinajstić information content (AvgIpc) is 2.60. The van der Waals surface area contributed by atoms with Gasteiger partial charge < -0.3 is 15.5 Å². The Kier molecular flexibility index (Phi) is 6.96. The van der Waals surface area contributed by atoms with Crippen LogP contribution >= 0.6 is 0 Å². The van der Waals surface area contributed by atoms with E-state index in [1.54, 1.807) is 0 Å². The molecule has 2 N–H and O–H groups in total. The number of amides is 1. The monoisotopic (exact) mass is 338 g/mol. The number of halogens is 2. The summed E-state index contributed by atoms with van der Waals surface area (Å²) in [6, 6.07) is 3.28. The molecule has 0 bridgehead atoms. The molecule has 0 atom stereocenters. The molecule has 0 unspecified atom stereocenters. The molecule has 2 rings (SSSR count). The fourth-order valence-corrected chi connectivity index (χ4v) is 2.58. The maximum atomic E-state index is 13.6. The molecular weight excluding hydrogens is 314 g/mol. The number of nitrogens with one attached hydrogen (secondary N) is 2. The summed E-state index contributed by atoms with van der Waals surface area (Å²) in [6.07, 6.45) is 3.25. The number of carbonyl (C=O) groups excluding carboxylic acids is 1. The molecule has 0 aromatic heterocycles. The van der Waals surface area contributed by atoms with E-state index in [0.717, 1.165) is 44.1 Å². The molecule has 1 amide bonds. The number of benzene rings is 1. The number of aliphatic imine (C=N–C) groups is 1. The molecule has 24 heavy (non-hydrogen) atoms. The standard InChI is InChI=1S/C17H24F2N4O/c1-2-20-17(21-11-13-10-14(18)6-7-15(13)19)22-12-16(24)23-8-4-3-5-9-23/h6-7,10H,2-5,8-9,11-12H2,1H3,(H2,20,21,22). The number of hydrogen-bond acceptors (Lipinski definition) is 2. The zero-order chi connectivity index (χ0) is 17.4. The predicted octanol–water partition coefficient (Wildman–Crippen LogP) is 2.03. The van der Waals surface area contributed by atoms with Gasteiger partial charge in [0.2, 0.25) is 5.91 Å². The summed E-state index contributed by atoms with van der Waals surface area (Å²) in [5.74, 6) is -0.566. The lowest BCUT2D eigenvalue weighted by Crippen LogP contribution is -2.46. The van der Waals surface area contributed by atoms with Crippen LogP contribution in [0.2, 0.25) is 0 Å². The van der Waals surface area contributed by atoms with Crippen LogP contribution in [0.3, 0.4) is 0 Å². The fourth-order valence-electron chi connectivity index (χ4n) is 2.58. The summed E-state index contributed by atoms with van der Waals surface area (Å²) < 4.78 is 26.8. The minimum atomic E-state index is -0.500. The van der Waals surface area contributed by atoms with E-state index in [-0.39, 0.29) is 24.6 Å². The maximum absolute atomic E-state index is 13.6. The smallest absolute Gasteiger partial charge is 0.241 e. The summed E-state index contributed by atoms with van der Waals surface area (Å²) in [5.41, 5.74) is 0.176. The number of likely N-dealkylation sites (tertiary alicyclic amines) is 1. The van der Waals surface area contributed by atoms with E-state index in [2.05, 4.69) is 15.6 Å². The summed E-state index contributed by atoms with van der Waals surface area (Å²) in [6.45, 7) is 4.22. The van der Waals surface area contributed by atoms with Gasteiger partial charge in [0.1, 0.15) is 11.6 Å². The van der Waals surface area contributed by atoms with Crippen molar-refractivity contribution in [3.8, 4) is 0 Å². The van der Waals surface area contributed by atoms with Crippen molar-refractivity contribution in [2.24, 2.45) is 4.99 Å². The van der Waals surface area contributed by atoms with Crippen molar-refractivity contribution in [3.63, 3.8) is 0 Å². The average molecular weight is 338 g/mol. The Bertz CT molecular complexity index is 586. The van der Waals surface area contributed by atoms with Crippen LogP contribution < -0.4 is 10.6 Å². The summed E-state index contributed by atoms with van der Waals surface area (Å²) in [7, 11) is 0. The highest BCUT2D eigenvalue weighted by Crippen LogP contribution is 2.11. The molecule has 1 aliphatic heterocycles. The van der Waals surface area contributed by atoms with Crippen molar-refractivity contribution < 1.29 is 13.6 Å². The minimum Gasteiger partial charge on any atom is -0.357 e. The molecule has 7 heteroatoms. The van der Waals surface area contributed by atoms with E-state index in [4.69, 9.17) is 0 Å². The highest BCUT2D eigenvalue weighted by molar-refractivity contribution is 5.86. The van der Waals surface area contributed by atoms with Gasteiger partial charge in [-0.3, -0.25) is 4.79 Å². The molecule has 132 valence electrons. The van der Waals surface area contributed by atoms with Gasteiger partial charge in [-0.15, -0.1) is 0 Å². The number of nitrogens with zero attached hydrogens (tertiary/aromatic N) is 2. The number of piperidine rings is 1. The van der Waals surface area contributed by atoms with E-state index in [1.807, 2.05) is 11.8 Å². The van der Waals surface area contributed by atoms with Crippen molar-refractivity contribution in [2.75, 3.05) is 26.2 Å².